The van der Waals surface area contributed by atoms with Crippen LogP contribution in [0.1, 0.15) is 17.3 Å². The quantitative estimate of drug-likeness (QED) is 0.461. The summed E-state index contributed by atoms with van der Waals surface area (Å²) in [6.45, 7) is 2.33. The number of hydrogen-bond acceptors (Lipinski definition) is 5. The van der Waals surface area contributed by atoms with E-state index in [-0.39, 0.29) is 24.5 Å². The van der Waals surface area contributed by atoms with Gasteiger partial charge in [0.1, 0.15) is 12.5 Å². The molecule has 0 aromatic heterocycles. The molecular formula is C13H14O5. The molecule has 1 aromatic rings. The van der Waals surface area contributed by atoms with Crippen molar-refractivity contribution >= 4 is 11.8 Å². The standard InChI is InChI=1S/C13H14O5/c1-9(14)18-12-4-2-10(3-5-12)13(15)11-6-16-8-17-7-11/h2-5,11H,6-8H2,1H3. The summed E-state index contributed by atoms with van der Waals surface area (Å²) >= 11 is 0. The van der Waals surface area contributed by atoms with Gasteiger partial charge < -0.3 is 14.2 Å². The van der Waals surface area contributed by atoms with Gasteiger partial charge in [0.25, 0.3) is 0 Å². The molecule has 1 aliphatic heterocycles. The van der Waals surface area contributed by atoms with Crippen LogP contribution in [-0.2, 0) is 14.3 Å². The highest BCUT2D eigenvalue weighted by Gasteiger charge is 2.23. The predicted octanol–water partition coefficient (Wildman–Crippen LogP) is 1.42. The fourth-order valence-corrected chi connectivity index (χ4v) is 1.73. The molecule has 1 aromatic carbocycles. The molecule has 5 heteroatoms. The average molecular weight is 250 g/mol. The summed E-state index contributed by atoms with van der Waals surface area (Å²) in [6.07, 6.45) is 0. The highest BCUT2D eigenvalue weighted by Crippen LogP contribution is 2.17. The lowest BCUT2D eigenvalue weighted by molar-refractivity contribution is -0.131. The molecule has 1 aliphatic rings. The fourth-order valence-electron chi connectivity index (χ4n) is 1.73. The number of rotatable bonds is 3. The van der Waals surface area contributed by atoms with Crippen LogP contribution in [0.5, 0.6) is 5.75 Å². The number of ether oxygens (including phenoxy) is 3. The average Bonchev–Trinajstić information content (AvgIpc) is 2.39. The van der Waals surface area contributed by atoms with E-state index in [4.69, 9.17) is 14.2 Å². The number of Topliss-reactive ketones (excluding diaryl/α,β-unsaturated/α-hetero) is 1. The van der Waals surface area contributed by atoms with Crippen molar-refractivity contribution in [1.29, 1.82) is 0 Å². The number of benzene rings is 1. The van der Waals surface area contributed by atoms with Crippen molar-refractivity contribution in [2.75, 3.05) is 20.0 Å². The first-order valence-corrected chi connectivity index (χ1v) is 5.65. The molecule has 0 spiro atoms. The van der Waals surface area contributed by atoms with E-state index in [1.807, 2.05) is 0 Å². The smallest absolute Gasteiger partial charge is 0.308 e. The minimum atomic E-state index is -0.386. The molecule has 0 N–H and O–H groups in total. The van der Waals surface area contributed by atoms with E-state index < -0.39 is 0 Å². The maximum Gasteiger partial charge on any atom is 0.308 e. The van der Waals surface area contributed by atoms with Crippen LogP contribution in [0.4, 0.5) is 0 Å². The SMILES string of the molecule is CC(=O)Oc1ccc(C(=O)C2COCOC2)cc1. The van der Waals surface area contributed by atoms with Gasteiger partial charge in [-0.3, -0.25) is 9.59 Å². The van der Waals surface area contributed by atoms with Crippen molar-refractivity contribution in [2.45, 2.75) is 6.92 Å². The van der Waals surface area contributed by atoms with Crippen molar-refractivity contribution < 1.29 is 23.8 Å². The molecule has 2 rings (SSSR count). The molecule has 0 bridgehead atoms. The Kier molecular flexibility index (Phi) is 4.07. The van der Waals surface area contributed by atoms with Crippen molar-refractivity contribution in [3.8, 4) is 5.75 Å². The van der Waals surface area contributed by atoms with Crippen molar-refractivity contribution in [3.05, 3.63) is 29.8 Å². The first kappa shape index (κ1) is 12.7. The summed E-state index contributed by atoms with van der Waals surface area (Å²) in [4.78, 5) is 22.8. The van der Waals surface area contributed by atoms with Crippen LogP contribution in [-0.4, -0.2) is 31.8 Å². The fraction of sp³-hybridized carbons (Fsp3) is 0.385. The van der Waals surface area contributed by atoms with E-state index in [0.29, 0.717) is 24.5 Å². The Morgan fingerprint density at radius 1 is 1.17 bits per heavy atom. The second kappa shape index (κ2) is 5.75. The number of ketones is 1. The van der Waals surface area contributed by atoms with Gasteiger partial charge in [-0.1, -0.05) is 0 Å². The van der Waals surface area contributed by atoms with Gasteiger partial charge in [0, 0.05) is 12.5 Å². The molecule has 0 unspecified atom stereocenters. The zero-order valence-electron chi connectivity index (χ0n) is 10.0. The number of carbonyl (C=O) groups excluding carboxylic acids is 2. The minimum absolute atomic E-state index is 0.0240. The zero-order chi connectivity index (χ0) is 13.0. The Balaban J connectivity index is 2.04. The van der Waals surface area contributed by atoms with Gasteiger partial charge in [0.15, 0.2) is 5.78 Å². The molecule has 1 saturated heterocycles. The van der Waals surface area contributed by atoms with Crippen LogP contribution in [0.25, 0.3) is 0 Å². The Labute approximate surface area is 105 Å². The van der Waals surface area contributed by atoms with E-state index in [1.165, 1.54) is 6.92 Å². The third-order valence-electron chi connectivity index (χ3n) is 2.58. The van der Waals surface area contributed by atoms with Crippen molar-refractivity contribution in [3.63, 3.8) is 0 Å². The Hall–Kier alpha value is -1.72. The van der Waals surface area contributed by atoms with E-state index in [2.05, 4.69) is 0 Å². The number of carbonyl (C=O) groups is 2. The summed E-state index contributed by atoms with van der Waals surface area (Å²) < 4.78 is 15.1. The van der Waals surface area contributed by atoms with Crippen LogP contribution >= 0.6 is 0 Å². The van der Waals surface area contributed by atoms with Gasteiger partial charge in [0.2, 0.25) is 0 Å². The van der Waals surface area contributed by atoms with E-state index in [9.17, 15) is 9.59 Å². The lowest BCUT2D eigenvalue weighted by atomic mass is 9.99. The van der Waals surface area contributed by atoms with Gasteiger partial charge in [-0.05, 0) is 24.3 Å². The molecule has 18 heavy (non-hydrogen) atoms. The van der Waals surface area contributed by atoms with Crippen LogP contribution in [0.3, 0.4) is 0 Å². The van der Waals surface area contributed by atoms with Gasteiger partial charge in [-0.2, -0.15) is 0 Å². The third kappa shape index (κ3) is 3.15. The molecule has 0 atom stereocenters. The molecule has 0 amide bonds. The summed E-state index contributed by atoms with van der Waals surface area (Å²) in [7, 11) is 0. The predicted molar refractivity (Wildman–Crippen MR) is 62.3 cm³/mol. The molecule has 96 valence electrons. The molecule has 1 fully saturated rings. The lowest BCUT2D eigenvalue weighted by Gasteiger charge is -2.21. The highest BCUT2D eigenvalue weighted by atomic mass is 16.7. The first-order chi connectivity index (χ1) is 8.66. The second-order valence-electron chi connectivity index (χ2n) is 4.04. The van der Waals surface area contributed by atoms with Gasteiger partial charge in [0.05, 0.1) is 19.1 Å². The Morgan fingerprint density at radius 2 is 1.78 bits per heavy atom. The summed E-state index contributed by atoms with van der Waals surface area (Å²) in [5.74, 6) is -0.249. The van der Waals surface area contributed by atoms with Crippen LogP contribution in [0.15, 0.2) is 24.3 Å². The van der Waals surface area contributed by atoms with Crippen LogP contribution in [0.2, 0.25) is 0 Å². The van der Waals surface area contributed by atoms with Crippen LogP contribution in [0, 0.1) is 5.92 Å². The monoisotopic (exact) mass is 250 g/mol. The topological polar surface area (TPSA) is 61.8 Å². The highest BCUT2D eigenvalue weighted by molar-refractivity contribution is 5.98. The Bertz CT molecular complexity index is 431. The summed E-state index contributed by atoms with van der Waals surface area (Å²) in [5, 5.41) is 0. The van der Waals surface area contributed by atoms with Crippen molar-refractivity contribution in [2.24, 2.45) is 5.92 Å². The summed E-state index contributed by atoms with van der Waals surface area (Å²) in [5.41, 5.74) is 0.560. The number of esters is 1. The zero-order valence-corrected chi connectivity index (χ0v) is 10.0. The largest absolute Gasteiger partial charge is 0.427 e. The molecule has 0 radical (unpaired) electrons. The first-order valence-electron chi connectivity index (χ1n) is 5.65. The molecule has 1 heterocycles. The molecule has 0 aliphatic carbocycles. The normalized spacial score (nSPS) is 16.3. The Morgan fingerprint density at radius 3 is 2.33 bits per heavy atom. The van der Waals surface area contributed by atoms with Crippen LogP contribution < -0.4 is 4.74 Å². The molecular weight excluding hydrogens is 236 g/mol. The second-order valence-corrected chi connectivity index (χ2v) is 4.04. The maximum atomic E-state index is 12.1. The minimum Gasteiger partial charge on any atom is -0.427 e. The van der Waals surface area contributed by atoms with Gasteiger partial charge in [-0.15, -0.1) is 0 Å². The number of hydrogen-bond donors (Lipinski definition) is 0. The third-order valence-corrected chi connectivity index (χ3v) is 2.58. The molecule has 5 nitrogen and oxygen atoms in total. The van der Waals surface area contributed by atoms with Gasteiger partial charge in [-0.25, -0.2) is 0 Å². The molecule has 0 saturated carbocycles. The van der Waals surface area contributed by atoms with Crippen molar-refractivity contribution in [1.82, 2.24) is 0 Å². The van der Waals surface area contributed by atoms with Gasteiger partial charge >= 0.3 is 5.97 Å². The van der Waals surface area contributed by atoms with E-state index in [1.54, 1.807) is 24.3 Å². The van der Waals surface area contributed by atoms with E-state index in [0.717, 1.165) is 0 Å². The lowest BCUT2D eigenvalue weighted by Crippen LogP contribution is -2.30. The maximum absolute atomic E-state index is 12.1. The van der Waals surface area contributed by atoms with E-state index >= 15 is 0 Å². The summed E-state index contributed by atoms with van der Waals surface area (Å²) in [6, 6.07) is 6.46.